The van der Waals surface area contributed by atoms with E-state index in [0.717, 1.165) is 32.6 Å². The van der Waals surface area contributed by atoms with Crippen molar-refractivity contribution in [1.29, 1.82) is 0 Å². The topological polar surface area (TPSA) is 43.1 Å². The lowest BCUT2D eigenvalue weighted by molar-refractivity contribution is -0.118. The molecule has 132 valence electrons. The molecule has 25 heavy (non-hydrogen) atoms. The van der Waals surface area contributed by atoms with Crippen LogP contribution in [0.1, 0.15) is 58.8 Å². The molecule has 2 aromatic rings. The molecule has 0 saturated carbocycles. The number of benzene rings is 1. The van der Waals surface area contributed by atoms with Gasteiger partial charge in [0.2, 0.25) is 0 Å². The summed E-state index contributed by atoms with van der Waals surface area (Å²) in [5.74, 6) is 0.620. The highest BCUT2D eigenvalue weighted by Gasteiger charge is 2.43. The van der Waals surface area contributed by atoms with Crippen LogP contribution in [0.2, 0.25) is 0 Å². The number of allylic oxidation sites excluding steroid dienone is 2. The number of carbonyl (C=O) groups is 1. The summed E-state index contributed by atoms with van der Waals surface area (Å²) in [5, 5.41) is 4.38. The Morgan fingerprint density at radius 1 is 1.04 bits per heavy atom. The van der Waals surface area contributed by atoms with E-state index in [0.29, 0.717) is 0 Å². The molecule has 3 rings (SSSR count). The molecule has 0 aliphatic heterocycles. The summed E-state index contributed by atoms with van der Waals surface area (Å²) in [4.78, 5) is 13.0. The Morgan fingerprint density at radius 3 is 2.16 bits per heavy atom. The van der Waals surface area contributed by atoms with Crippen molar-refractivity contribution in [2.45, 2.75) is 47.5 Å². The molecule has 0 fully saturated rings. The van der Waals surface area contributed by atoms with E-state index in [1.54, 1.807) is 6.08 Å². The van der Waals surface area contributed by atoms with Crippen LogP contribution >= 0.6 is 15.9 Å². The van der Waals surface area contributed by atoms with Crippen LogP contribution < -0.4 is 0 Å². The summed E-state index contributed by atoms with van der Waals surface area (Å²) in [6.45, 7) is 12.5. The van der Waals surface area contributed by atoms with Crippen LogP contribution in [0.4, 0.5) is 0 Å². The van der Waals surface area contributed by atoms with E-state index in [1.165, 1.54) is 0 Å². The maximum Gasteiger partial charge on any atom is 0.168 e. The van der Waals surface area contributed by atoms with Crippen molar-refractivity contribution in [3.8, 4) is 11.3 Å². The maximum absolute atomic E-state index is 13.0. The minimum Gasteiger partial charge on any atom is -0.356 e. The monoisotopic (exact) mass is 401 g/mol. The molecule has 0 amide bonds. The van der Waals surface area contributed by atoms with Gasteiger partial charge < -0.3 is 4.52 Å². The van der Waals surface area contributed by atoms with Gasteiger partial charge in [-0.05, 0) is 29.0 Å². The first-order valence-electron chi connectivity index (χ1n) is 8.52. The van der Waals surface area contributed by atoms with Crippen LogP contribution in [-0.4, -0.2) is 10.9 Å². The van der Waals surface area contributed by atoms with Crippen LogP contribution in [0.25, 0.3) is 16.8 Å². The number of ketones is 1. The summed E-state index contributed by atoms with van der Waals surface area (Å²) >= 11 is 3.47. The third-order valence-electron chi connectivity index (χ3n) is 4.62. The van der Waals surface area contributed by atoms with Crippen molar-refractivity contribution < 1.29 is 9.32 Å². The van der Waals surface area contributed by atoms with Crippen molar-refractivity contribution in [3.05, 3.63) is 46.1 Å². The van der Waals surface area contributed by atoms with Gasteiger partial charge in [-0.2, -0.15) is 0 Å². The van der Waals surface area contributed by atoms with Crippen LogP contribution in [0.15, 0.2) is 39.3 Å². The molecule has 1 unspecified atom stereocenters. The fourth-order valence-electron chi connectivity index (χ4n) is 3.43. The standard InChI is InChI=1S/C21H24BrNO2/c1-20(2,3)14-11-15(24)17(21(4,5)6)16-18(23-25-19(14)16)12-7-9-13(22)10-8-12/h7-11,17H,1-6H3. The first kappa shape index (κ1) is 18.1. The molecular weight excluding hydrogens is 378 g/mol. The summed E-state index contributed by atoms with van der Waals surface area (Å²) in [6, 6.07) is 7.96. The molecule has 0 bridgehead atoms. The van der Waals surface area contributed by atoms with Gasteiger partial charge in [-0.15, -0.1) is 0 Å². The van der Waals surface area contributed by atoms with Crippen LogP contribution in [0.3, 0.4) is 0 Å². The van der Waals surface area contributed by atoms with Gasteiger partial charge in [0.25, 0.3) is 0 Å². The van der Waals surface area contributed by atoms with Gasteiger partial charge >= 0.3 is 0 Å². The first-order chi connectivity index (χ1) is 11.5. The van der Waals surface area contributed by atoms with E-state index in [4.69, 9.17) is 4.52 Å². The number of nitrogens with zero attached hydrogens (tertiary/aromatic N) is 1. The number of halogens is 1. The largest absolute Gasteiger partial charge is 0.356 e. The van der Waals surface area contributed by atoms with Crippen LogP contribution in [-0.2, 0) is 4.79 Å². The average Bonchev–Trinajstić information content (AvgIpc) is 2.89. The SMILES string of the molecule is CC(C)(C)C1=CC(=O)C(C(C)(C)C)c2c(-c3ccc(Br)cc3)noc21. The fraction of sp³-hybridized carbons (Fsp3) is 0.429. The first-order valence-corrected chi connectivity index (χ1v) is 9.31. The summed E-state index contributed by atoms with van der Waals surface area (Å²) in [7, 11) is 0. The highest BCUT2D eigenvalue weighted by Crippen LogP contribution is 2.50. The van der Waals surface area contributed by atoms with Gasteiger partial charge in [0.1, 0.15) is 5.69 Å². The van der Waals surface area contributed by atoms with Gasteiger partial charge in [0.05, 0.1) is 5.92 Å². The van der Waals surface area contributed by atoms with Gasteiger partial charge in [-0.1, -0.05) is 74.8 Å². The Balaban J connectivity index is 2.28. The Kier molecular flexibility index (Phi) is 4.31. The fourth-order valence-corrected chi connectivity index (χ4v) is 3.69. The van der Waals surface area contributed by atoms with E-state index in [1.807, 2.05) is 24.3 Å². The predicted octanol–water partition coefficient (Wildman–Crippen LogP) is 6.25. The molecule has 0 spiro atoms. The molecule has 1 atom stereocenters. The molecule has 1 aliphatic rings. The number of aromatic nitrogens is 1. The molecule has 3 nitrogen and oxygen atoms in total. The molecule has 0 radical (unpaired) electrons. The Morgan fingerprint density at radius 2 is 1.64 bits per heavy atom. The number of hydrogen-bond donors (Lipinski definition) is 0. The van der Waals surface area contributed by atoms with Crippen molar-refractivity contribution in [2.24, 2.45) is 10.8 Å². The Bertz CT molecular complexity index is 846. The molecule has 0 N–H and O–H groups in total. The predicted molar refractivity (Wildman–Crippen MR) is 104 cm³/mol. The summed E-state index contributed by atoms with van der Waals surface area (Å²) in [5.41, 5.74) is 3.16. The molecule has 0 saturated heterocycles. The normalized spacial score (nSPS) is 18.1. The quantitative estimate of drug-likeness (QED) is 0.567. The van der Waals surface area contributed by atoms with Crippen molar-refractivity contribution in [3.63, 3.8) is 0 Å². The van der Waals surface area contributed by atoms with Gasteiger partial charge in [-0.3, -0.25) is 4.79 Å². The maximum atomic E-state index is 13.0. The zero-order valence-electron chi connectivity index (χ0n) is 15.6. The molecule has 1 aliphatic carbocycles. The van der Waals surface area contributed by atoms with E-state index >= 15 is 0 Å². The van der Waals surface area contributed by atoms with Crippen LogP contribution in [0.5, 0.6) is 0 Å². The minimum atomic E-state index is -0.265. The average molecular weight is 402 g/mol. The van der Waals surface area contributed by atoms with Crippen molar-refractivity contribution in [2.75, 3.05) is 0 Å². The molecule has 1 aromatic carbocycles. The van der Waals surface area contributed by atoms with Gasteiger partial charge in [0, 0.05) is 21.2 Å². The molecule has 1 heterocycles. The lowest BCUT2D eigenvalue weighted by atomic mass is 9.67. The number of rotatable bonds is 1. The second-order valence-corrected chi connectivity index (χ2v) is 9.71. The van der Waals surface area contributed by atoms with Gasteiger partial charge in [0.15, 0.2) is 11.5 Å². The Labute approximate surface area is 157 Å². The zero-order valence-corrected chi connectivity index (χ0v) is 17.2. The van der Waals surface area contributed by atoms with E-state index < -0.39 is 0 Å². The summed E-state index contributed by atoms with van der Waals surface area (Å²) < 4.78 is 6.81. The second-order valence-electron chi connectivity index (χ2n) is 8.79. The zero-order chi connectivity index (χ0) is 18.6. The molecule has 4 heteroatoms. The van der Waals surface area contributed by atoms with Crippen molar-refractivity contribution >= 4 is 27.3 Å². The number of fused-ring (bicyclic) bond motifs is 1. The highest BCUT2D eigenvalue weighted by atomic mass is 79.9. The third kappa shape index (κ3) is 3.24. The summed E-state index contributed by atoms with van der Waals surface area (Å²) in [6.07, 6.45) is 1.76. The van der Waals surface area contributed by atoms with E-state index in [9.17, 15) is 4.79 Å². The lowest BCUT2D eigenvalue weighted by Crippen LogP contribution is -2.30. The Hall–Kier alpha value is -1.68. The van der Waals surface area contributed by atoms with Gasteiger partial charge in [-0.25, -0.2) is 0 Å². The van der Waals surface area contributed by atoms with E-state index in [-0.39, 0.29) is 22.5 Å². The lowest BCUT2D eigenvalue weighted by Gasteiger charge is -2.34. The smallest absolute Gasteiger partial charge is 0.168 e. The van der Waals surface area contributed by atoms with Crippen LogP contribution in [0, 0.1) is 10.8 Å². The number of carbonyl (C=O) groups excluding carboxylic acids is 1. The second kappa shape index (κ2) is 5.94. The van der Waals surface area contributed by atoms with E-state index in [2.05, 4.69) is 62.6 Å². The molecule has 1 aromatic heterocycles. The number of hydrogen-bond acceptors (Lipinski definition) is 3. The third-order valence-corrected chi connectivity index (χ3v) is 5.15. The molecular formula is C21H24BrNO2. The van der Waals surface area contributed by atoms with Crippen molar-refractivity contribution in [1.82, 2.24) is 5.16 Å². The highest BCUT2D eigenvalue weighted by molar-refractivity contribution is 9.10. The minimum absolute atomic E-state index is 0.131.